The van der Waals surface area contributed by atoms with Crippen LogP contribution in [0.15, 0.2) is 60.7 Å². The molecule has 1 fully saturated rings. The number of hydrogen-bond donors (Lipinski definition) is 2. The molecule has 2 N–H and O–H groups in total. The fourth-order valence-electron chi connectivity index (χ4n) is 3.07. The van der Waals surface area contributed by atoms with Gasteiger partial charge >= 0.3 is 5.97 Å². The molecule has 0 radical (unpaired) electrons. The van der Waals surface area contributed by atoms with Crippen molar-refractivity contribution >= 4 is 29.5 Å². The summed E-state index contributed by atoms with van der Waals surface area (Å²) in [4.78, 5) is 36.5. The van der Waals surface area contributed by atoms with Crippen molar-refractivity contribution in [2.75, 3.05) is 12.1 Å². The quantitative estimate of drug-likeness (QED) is 0.385. The summed E-state index contributed by atoms with van der Waals surface area (Å²) < 4.78 is 11.0. The molecule has 0 spiro atoms. The van der Waals surface area contributed by atoms with Gasteiger partial charge in [0.2, 0.25) is 0 Å². The van der Waals surface area contributed by atoms with Gasteiger partial charge in [-0.25, -0.2) is 9.80 Å². The standard InChI is InChI=1S/C23H22N2O6/c1-4-8-16-11-15(13-19(30-3)20(16)31-14(2)23(28)29)12-18-21(26)24-25(22(18)27)17-9-6-5-7-10-17/h4-7,9-14H,1,8H2,2-3H3,(H,24,26)(H,28,29). The second kappa shape index (κ2) is 9.17. The lowest BCUT2D eigenvalue weighted by molar-refractivity contribution is -0.144. The molecule has 1 aliphatic rings. The van der Waals surface area contributed by atoms with Crippen LogP contribution in [-0.2, 0) is 20.8 Å². The van der Waals surface area contributed by atoms with Crippen LogP contribution in [0.4, 0.5) is 5.69 Å². The molecular weight excluding hydrogens is 400 g/mol. The number of ether oxygens (including phenoxy) is 2. The molecule has 2 aromatic carbocycles. The summed E-state index contributed by atoms with van der Waals surface area (Å²) in [6.45, 7) is 5.13. The molecule has 31 heavy (non-hydrogen) atoms. The molecule has 1 aliphatic heterocycles. The minimum Gasteiger partial charge on any atom is -0.493 e. The highest BCUT2D eigenvalue weighted by Gasteiger charge is 2.34. The van der Waals surface area contributed by atoms with Gasteiger partial charge in [0.15, 0.2) is 17.6 Å². The van der Waals surface area contributed by atoms with E-state index in [0.717, 1.165) is 0 Å². The van der Waals surface area contributed by atoms with E-state index in [1.54, 1.807) is 42.5 Å². The van der Waals surface area contributed by atoms with Gasteiger partial charge < -0.3 is 14.6 Å². The summed E-state index contributed by atoms with van der Waals surface area (Å²) in [6.07, 6.45) is 2.36. The Morgan fingerprint density at radius 2 is 1.97 bits per heavy atom. The second-order valence-electron chi connectivity index (χ2n) is 6.78. The second-order valence-corrected chi connectivity index (χ2v) is 6.78. The lowest BCUT2D eigenvalue weighted by Gasteiger charge is -2.18. The monoisotopic (exact) mass is 422 g/mol. The molecule has 1 unspecified atom stereocenters. The minimum atomic E-state index is -1.12. The zero-order valence-electron chi connectivity index (χ0n) is 17.1. The van der Waals surface area contributed by atoms with Crippen molar-refractivity contribution in [2.24, 2.45) is 0 Å². The van der Waals surface area contributed by atoms with E-state index in [1.807, 2.05) is 6.07 Å². The molecule has 3 rings (SSSR count). The SMILES string of the molecule is C=CCc1cc(C=C2C(=O)NN(c3ccccc3)C2=O)cc(OC)c1OC(C)C(=O)O. The number of carbonyl (C=O) groups is 3. The minimum absolute atomic E-state index is 0.0389. The van der Waals surface area contributed by atoms with Crippen molar-refractivity contribution < 1.29 is 29.0 Å². The number of rotatable bonds is 8. The van der Waals surface area contributed by atoms with Crippen LogP contribution in [0.1, 0.15) is 18.1 Å². The smallest absolute Gasteiger partial charge is 0.344 e. The number of para-hydroxylation sites is 1. The number of aliphatic carboxylic acids is 1. The van der Waals surface area contributed by atoms with Crippen LogP contribution < -0.4 is 19.9 Å². The third-order valence-corrected chi connectivity index (χ3v) is 4.60. The number of amides is 2. The Hall–Kier alpha value is -4.07. The highest BCUT2D eigenvalue weighted by molar-refractivity contribution is 6.31. The van der Waals surface area contributed by atoms with Gasteiger partial charge in [-0.15, -0.1) is 6.58 Å². The number of hydrazine groups is 1. The molecule has 2 amide bonds. The molecule has 1 saturated heterocycles. The van der Waals surface area contributed by atoms with Crippen LogP contribution in [0, 0.1) is 0 Å². The maximum Gasteiger partial charge on any atom is 0.344 e. The molecule has 0 bridgehead atoms. The first-order valence-electron chi connectivity index (χ1n) is 9.49. The molecule has 0 aromatic heterocycles. The van der Waals surface area contributed by atoms with Crippen LogP contribution >= 0.6 is 0 Å². The lowest BCUT2D eigenvalue weighted by atomic mass is 10.0. The fraction of sp³-hybridized carbons (Fsp3) is 0.174. The third kappa shape index (κ3) is 4.58. The van der Waals surface area contributed by atoms with Crippen molar-refractivity contribution in [3.63, 3.8) is 0 Å². The van der Waals surface area contributed by atoms with Crippen molar-refractivity contribution in [3.8, 4) is 11.5 Å². The Balaban J connectivity index is 2.00. The number of carboxylic acid groups (broad SMARTS) is 1. The van der Waals surface area contributed by atoms with Crippen molar-refractivity contribution in [1.82, 2.24) is 5.43 Å². The van der Waals surface area contributed by atoms with Crippen LogP contribution in [0.2, 0.25) is 0 Å². The largest absolute Gasteiger partial charge is 0.493 e. The predicted octanol–water partition coefficient (Wildman–Crippen LogP) is 2.74. The van der Waals surface area contributed by atoms with E-state index < -0.39 is 23.9 Å². The number of benzene rings is 2. The average molecular weight is 422 g/mol. The van der Waals surface area contributed by atoms with E-state index in [-0.39, 0.29) is 17.1 Å². The highest BCUT2D eigenvalue weighted by Crippen LogP contribution is 2.35. The fourth-order valence-corrected chi connectivity index (χ4v) is 3.07. The number of methoxy groups -OCH3 is 1. The first kappa shape index (κ1) is 21.6. The summed E-state index contributed by atoms with van der Waals surface area (Å²) in [5.74, 6) is -1.58. The Kier molecular flexibility index (Phi) is 6.40. The third-order valence-electron chi connectivity index (χ3n) is 4.60. The van der Waals surface area contributed by atoms with E-state index in [9.17, 15) is 14.4 Å². The van der Waals surface area contributed by atoms with Crippen LogP contribution in [-0.4, -0.2) is 36.1 Å². The van der Waals surface area contributed by atoms with Gasteiger partial charge in [-0.05, 0) is 49.2 Å². The first-order chi connectivity index (χ1) is 14.8. The Morgan fingerprint density at radius 3 is 2.58 bits per heavy atom. The first-order valence-corrected chi connectivity index (χ1v) is 9.49. The number of carbonyl (C=O) groups excluding carboxylic acids is 2. The Labute approximate surface area is 179 Å². The number of carboxylic acids is 1. The molecule has 8 heteroatoms. The van der Waals surface area contributed by atoms with Crippen molar-refractivity contribution in [2.45, 2.75) is 19.4 Å². The van der Waals surface area contributed by atoms with E-state index in [0.29, 0.717) is 23.2 Å². The zero-order valence-corrected chi connectivity index (χ0v) is 17.1. The van der Waals surface area contributed by atoms with E-state index in [4.69, 9.17) is 14.6 Å². The van der Waals surface area contributed by atoms with Gasteiger partial charge in [-0.3, -0.25) is 15.0 Å². The highest BCUT2D eigenvalue weighted by atomic mass is 16.5. The normalized spacial score (nSPS) is 15.5. The van der Waals surface area contributed by atoms with Gasteiger partial charge in [0.25, 0.3) is 11.8 Å². The summed E-state index contributed by atoms with van der Waals surface area (Å²) in [7, 11) is 1.42. The molecule has 2 aromatic rings. The predicted molar refractivity (Wildman–Crippen MR) is 115 cm³/mol. The molecule has 160 valence electrons. The molecule has 0 saturated carbocycles. The number of allylic oxidation sites excluding steroid dienone is 1. The summed E-state index contributed by atoms with van der Waals surface area (Å²) >= 11 is 0. The average Bonchev–Trinajstić information content (AvgIpc) is 3.04. The number of nitrogens with zero attached hydrogens (tertiary/aromatic N) is 1. The molecule has 0 aliphatic carbocycles. The molecular formula is C23H22N2O6. The van der Waals surface area contributed by atoms with Crippen LogP contribution in [0.25, 0.3) is 6.08 Å². The lowest BCUT2D eigenvalue weighted by Crippen LogP contribution is -2.35. The Morgan fingerprint density at radius 1 is 1.26 bits per heavy atom. The summed E-state index contributed by atoms with van der Waals surface area (Å²) in [5, 5.41) is 10.3. The summed E-state index contributed by atoms with van der Waals surface area (Å²) in [5.41, 5.74) is 4.19. The molecule has 8 nitrogen and oxygen atoms in total. The number of anilines is 1. The van der Waals surface area contributed by atoms with Gasteiger partial charge in [0.05, 0.1) is 12.8 Å². The van der Waals surface area contributed by atoms with E-state index in [2.05, 4.69) is 12.0 Å². The van der Waals surface area contributed by atoms with Gasteiger partial charge in [0.1, 0.15) is 5.57 Å². The van der Waals surface area contributed by atoms with E-state index in [1.165, 1.54) is 25.1 Å². The van der Waals surface area contributed by atoms with Gasteiger partial charge in [-0.2, -0.15) is 0 Å². The number of hydrogen-bond acceptors (Lipinski definition) is 5. The van der Waals surface area contributed by atoms with E-state index >= 15 is 0 Å². The Bertz CT molecular complexity index is 1060. The van der Waals surface area contributed by atoms with Gasteiger partial charge in [0, 0.05) is 5.56 Å². The van der Waals surface area contributed by atoms with Crippen LogP contribution in [0.5, 0.6) is 11.5 Å². The number of nitrogens with one attached hydrogen (secondary N) is 1. The maximum atomic E-state index is 12.8. The summed E-state index contributed by atoms with van der Waals surface area (Å²) in [6, 6.07) is 12.0. The van der Waals surface area contributed by atoms with Crippen molar-refractivity contribution in [1.29, 1.82) is 0 Å². The van der Waals surface area contributed by atoms with Crippen molar-refractivity contribution in [3.05, 3.63) is 71.8 Å². The molecule has 1 heterocycles. The van der Waals surface area contributed by atoms with Crippen LogP contribution in [0.3, 0.4) is 0 Å². The maximum absolute atomic E-state index is 12.8. The topological polar surface area (TPSA) is 105 Å². The zero-order chi connectivity index (χ0) is 22.5. The van der Waals surface area contributed by atoms with Gasteiger partial charge in [-0.1, -0.05) is 24.3 Å². The molecule has 1 atom stereocenters.